The number of aromatic nitrogens is 2. The number of nitrogens with zero attached hydrogens (tertiary/aromatic N) is 2. The molecule has 118 valence electrons. The van der Waals surface area contributed by atoms with Gasteiger partial charge in [0.15, 0.2) is 0 Å². The van der Waals surface area contributed by atoms with E-state index in [2.05, 4.69) is 9.97 Å². The fraction of sp³-hybridized carbons (Fsp3) is 0.176. The standard InChI is InChI=1S/C17H17N3O2S/c18-14-9-12(1-2-16(14)22-8-7-21)10-17-20-15(11-23-17)13-3-5-19-6-4-13/h1-6,9,11,21H,7-8,10,18H2. The van der Waals surface area contributed by atoms with Gasteiger partial charge in [-0.3, -0.25) is 4.98 Å². The average molecular weight is 327 g/mol. The monoisotopic (exact) mass is 327 g/mol. The van der Waals surface area contributed by atoms with Gasteiger partial charge >= 0.3 is 0 Å². The van der Waals surface area contributed by atoms with Crippen LogP contribution in [0.1, 0.15) is 10.6 Å². The number of aliphatic hydroxyl groups is 1. The smallest absolute Gasteiger partial charge is 0.142 e. The summed E-state index contributed by atoms with van der Waals surface area (Å²) in [5.74, 6) is 0.597. The number of hydrogen-bond donors (Lipinski definition) is 2. The highest BCUT2D eigenvalue weighted by molar-refractivity contribution is 7.10. The Kier molecular flexibility index (Phi) is 4.85. The molecule has 0 aliphatic carbocycles. The van der Waals surface area contributed by atoms with Crippen LogP contribution >= 0.6 is 11.3 Å². The van der Waals surface area contributed by atoms with Crippen molar-refractivity contribution in [1.82, 2.24) is 9.97 Å². The minimum absolute atomic E-state index is 0.0297. The molecule has 0 atom stereocenters. The molecule has 0 spiro atoms. The Morgan fingerprint density at radius 1 is 1.17 bits per heavy atom. The molecule has 0 bridgehead atoms. The van der Waals surface area contributed by atoms with E-state index in [9.17, 15) is 0 Å². The van der Waals surface area contributed by atoms with Crippen LogP contribution in [0.5, 0.6) is 5.75 Å². The van der Waals surface area contributed by atoms with Crippen molar-refractivity contribution in [2.45, 2.75) is 6.42 Å². The maximum absolute atomic E-state index is 8.79. The number of anilines is 1. The Labute approximate surface area is 138 Å². The van der Waals surface area contributed by atoms with E-state index < -0.39 is 0 Å². The minimum atomic E-state index is -0.0297. The van der Waals surface area contributed by atoms with E-state index in [-0.39, 0.29) is 13.2 Å². The summed E-state index contributed by atoms with van der Waals surface area (Å²) in [4.78, 5) is 8.68. The molecule has 0 aliphatic rings. The molecule has 5 nitrogen and oxygen atoms in total. The summed E-state index contributed by atoms with van der Waals surface area (Å²) in [6.45, 7) is 0.212. The van der Waals surface area contributed by atoms with Gasteiger partial charge in [-0.15, -0.1) is 11.3 Å². The van der Waals surface area contributed by atoms with Gasteiger partial charge in [0.1, 0.15) is 12.4 Å². The lowest BCUT2D eigenvalue weighted by atomic mass is 10.1. The van der Waals surface area contributed by atoms with Crippen LogP contribution in [0.4, 0.5) is 5.69 Å². The fourth-order valence-corrected chi connectivity index (χ4v) is 3.05. The molecule has 0 saturated carbocycles. The molecule has 1 aromatic carbocycles. The first kappa shape index (κ1) is 15.5. The summed E-state index contributed by atoms with van der Waals surface area (Å²) in [5, 5.41) is 11.9. The molecule has 3 rings (SSSR count). The van der Waals surface area contributed by atoms with Crippen LogP contribution in [0.15, 0.2) is 48.1 Å². The molecule has 3 aromatic rings. The van der Waals surface area contributed by atoms with Crippen molar-refractivity contribution in [3.05, 3.63) is 58.7 Å². The van der Waals surface area contributed by atoms with Crippen LogP contribution in [-0.2, 0) is 6.42 Å². The first-order chi connectivity index (χ1) is 11.3. The van der Waals surface area contributed by atoms with Gasteiger partial charge in [-0.05, 0) is 29.8 Å². The molecule has 2 heterocycles. The molecule has 0 unspecified atom stereocenters. The van der Waals surface area contributed by atoms with E-state index in [4.69, 9.17) is 15.6 Å². The average Bonchev–Trinajstić information content (AvgIpc) is 3.03. The lowest BCUT2D eigenvalue weighted by Gasteiger charge is -2.08. The first-order valence-electron chi connectivity index (χ1n) is 7.23. The van der Waals surface area contributed by atoms with Gasteiger partial charge in [-0.25, -0.2) is 4.98 Å². The zero-order valence-corrected chi connectivity index (χ0v) is 13.3. The molecular formula is C17H17N3O2S. The normalized spacial score (nSPS) is 10.7. The molecule has 0 amide bonds. The second-order valence-electron chi connectivity index (χ2n) is 4.98. The van der Waals surface area contributed by atoms with Gasteiger partial charge in [0.25, 0.3) is 0 Å². The molecule has 0 aliphatic heterocycles. The molecule has 0 saturated heterocycles. The van der Waals surface area contributed by atoms with Crippen molar-refractivity contribution in [2.24, 2.45) is 0 Å². The molecular weight excluding hydrogens is 310 g/mol. The van der Waals surface area contributed by atoms with Crippen LogP contribution in [0, 0.1) is 0 Å². The van der Waals surface area contributed by atoms with Crippen LogP contribution < -0.4 is 10.5 Å². The lowest BCUT2D eigenvalue weighted by Crippen LogP contribution is -2.04. The van der Waals surface area contributed by atoms with Gasteiger partial charge in [0.05, 0.1) is 23.0 Å². The minimum Gasteiger partial charge on any atom is -0.489 e. The van der Waals surface area contributed by atoms with Crippen LogP contribution in [-0.4, -0.2) is 28.3 Å². The third kappa shape index (κ3) is 3.85. The Morgan fingerprint density at radius 3 is 2.74 bits per heavy atom. The van der Waals surface area contributed by atoms with E-state index in [0.29, 0.717) is 11.4 Å². The third-order valence-electron chi connectivity index (χ3n) is 3.31. The summed E-state index contributed by atoms with van der Waals surface area (Å²) in [6.07, 6.45) is 4.25. The fourth-order valence-electron chi connectivity index (χ4n) is 2.22. The van der Waals surface area contributed by atoms with Crippen LogP contribution in [0.25, 0.3) is 11.3 Å². The van der Waals surface area contributed by atoms with Crippen LogP contribution in [0.3, 0.4) is 0 Å². The number of nitrogen functional groups attached to an aromatic ring is 1. The summed E-state index contributed by atoms with van der Waals surface area (Å²) in [6, 6.07) is 9.59. The summed E-state index contributed by atoms with van der Waals surface area (Å²) in [7, 11) is 0. The maximum Gasteiger partial charge on any atom is 0.142 e. The zero-order chi connectivity index (χ0) is 16.1. The molecule has 23 heavy (non-hydrogen) atoms. The molecule has 0 fully saturated rings. The topological polar surface area (TPSA) is 81.3 Å². The number of rotatable bonds is 6. The zero-order valence-electron chi connectivity index (χ0n) is 12.5. The first-order valence-corrected chi connectivity index (χ1v) is 8.11. The van der Waals surface area contributed by atoms with Crippen molar-refractivity contribution in [2.75, 3.05) is 18.9 Å². The Balaban J connectivity index is 1.73. The maximum atomic E-state index is 8.79. The van der Waals surface area contributed by atoms with Gasteiger partial charge in [0.2, 0.25) is 0 Å². The van der Waals surface area contributed by atoms with E-state index >= 15 is 0 Å². The summed E-state index contributed by atoms with van der Waals surface area (Å²) < 4.78 is 5.36. The number of aliphatic hydroxyl groups excluding tert-OH is 1. The number of nitrogens with two attached hydrogens (primary N) is 1. The molecule has 0 radical (unpaired) electrons. The number of thiazole rings is 1. The highest BCUT2D eigenvalue weighted by atomic mass is 32.1. The number of hydrogen-bond acceptors (Lipinski definition) is 6. The highest BCUT2D eigenvalue weighted by Crippen LogP contribution is 2.26. The Hall–Kier alpha value is -2.44. The van der Waals surface area contributed by atoms with Gasteiger partial charge in [-0.2, -0.15) is 0 Å². The van der Waals surface area contributed by atoms with Gasteiger partial charge in [0, 0.05) is 29.8 Å². The Bertz CT molecular complexity index is 775. The van der Waals surface area contributed by atoms with E-state index in [1.165, 1.54) is 0 Å². The molecule has 6 heteroatoms. The number of benzene rings is 1. The van der Waals surface area contributed by atoms with Crippen molar-refractivity contribution < 1.29 is 9.84 Å². The van der Waals surface area contributed by atoms with Crippen molar-refractivity contribution in [3.8, 4) is 17.0 Å². The quantitative estimate of drug-likeness (QED) is 0.680. The second-order valence-corrected chi connectivity index (χ2v) is 5.93. The van der Waals surface area contributed by atoms with Gasteiger partial charge < -0.3 is 15.6 Å². The van der Waals surface area contributed by atoms with Crippen LogP contribution in [0.2, 0.25) is 0 Å². The van der Waals surface area contributed by atoms with E-state index in [1.807, 2.05) is 35.7 Å². The predicted octanol–water partition coefficient (Wildman–Crippen LogP) is 2.75. The summed E-state index contributed by atoms with van der Waals surface area (Å²) in [5.41, 5.74) is 9.66. The predicted molar refractivity (Wildman–Crippen MR) is 91.6 cm³/mol. The number of pyridine rings is 1. The van der Waals surface area contributed by atoms with Crippen molar-refractivity contribution >= 4 is 17.0 Å². The van der Waals surface area contributed by atoms with Gasteiger partial charge in [-0.1, -0.05) is 6.07 Å². The van der Waals surface area contributed by atoms with E-state index in [0.717, 1.165) is 28.2 Å². The Morgan fingerprint density at radius 2 is 2.00 bits per heavy atom. The van der Waals surface area contributed by atoms with Crippen molar-refractivity contribution in [3.63, 3.8) is 0 Å². The lowest BCUT2D eigenvalue weighted by molar-refractivity contribution is 0.202. The second kappa shape index (κ2) is 7.21. The van der Waals surface area contributed by atoms with E-state index in [1.54, 1.807) is 23.7 Å². The third-order valence-corrected chi connectivity index (χ3v) is 4.16. The number of ether oxygens (including phenoxy) is 1. The largest absolute Gasteiger partial charge is 0.489 e. The SMILES string of the molecule is Nc1cc(Cc2nc(-c3ccncc3)cs2)ccc1OCCO. The molecule has 2 aromatic heterocycles. The summed E-state index contributed by atoms with van der Waals surface area (Å²) >= 11 is 1.63. The molecule has 3 N–H and O–H groups in total. The van der Waals surface area contributed by atoms with Crippen molar-refractivity contribution in [1.29, 1.82) is 0 Å². The highest BCUT2D eigenvalue weighted by Gasteiger charge is 2.07.